The van der Waals surface area contributed by atoms with Crippen molar-refractivity contribution in [2.45, 2.75) is 0 Å². The van der Waals surface area contributed by atoms with Gasteiger partial charge in [0.25, 0.3) is 5.69 Å². The van der Waals surface area contributed by atoms with E-state index in [1.807, 2.05) is 82.4 Å². The number of rotatable bonds is 5. The number of aromatic nitrogens is 3. The maximum Gasteiger partial charge on any atom is 0.260 e. The molecule has 0 spiro atoms. The van der Waals surface area contributed by atoms with Gasteiger partial charge in [0.05, 0.1) is 10.8 Å². The van der Waals surface area contributed by atoms with E-state index in [4.69, 9.17) is 5.10 Å². The maximum atomic E-state index is 5.04. The molecule has 0 fully saturated rings. The van der Waals surface area contributed by atoms with Gasteiger partial charge < -0.3 is 0 Å². The molecule has 5 rings (SSSR count). The van der Waals surface area contributed by atoms with Crippen LogP contribution in [0.5, 0.6) is 0 Å². The average molecular weight is 389 g/mol. The number of para-hydroxylation sites is 2. The first kappa shape index (κ1) is 17.9. The summed E-state index contributed by atoms with van der Waals surface area (Å²) in [5.74, 6) is 0. The minimum Gasteiger partial charge on any atom is -0.205 e. The number of hydrogen-bond acceptors (Lipinski definition) is 2. The third kappa shape index (κ3) is 3.47. The second-order valence-electron chi connectivity index (χ2n) is 6.94. The Morgan fingerprint density at radius 1 is 0.567 bits per heavy atom. The Kier molecular flexibility index (Phi) is 4.80. The lowest BCUT2D eigenvalue weighted by Crippen LogP contribution is -2.51. The Labute approximate surface area is 175 Å². The third-order valence-electron chi connectivity index (χ3n) is 4.91. The Morgan fingerprint density at radius 2 is 1.07 bits per heavy atom. The monoisotopic (exact) mass is 389 g/mol. The molecule has 1 aromatic heterocycles. The van der Waals surface area contributed by atoms with Gasteiger partial charge in [-0.25, -0.2) is 5.43 Å². The molecule has 0 unspecified atom stereocenters. The molecule has 1 heterocycles. The molecule has 0 saturated heterocycles. The van der Waals surface area contributed by atoms with Crippen molar-refractivity contribution in [3.8, 4) is 28.2 Å². The summed E-state index contributed by atoms with van der Waals surface area (Å²) in [4.78, 5) is 3.93. The van der Waals surface area contributed by atoms with Gasteiger partial charge in [0.2, 0.25) is 5.69 Å². The number of nitrogens with zero attached hydrogens (tertiary/aromatic N) is 3. The molecule has 4 nitrogen and oxygen atoms in total. The molecule has 5 aromatic rings. The van der Waals surface area contributed by atoms with Crippen molar-refractivity contribution in [2.75, 3.05) is 5.43 Å². The van der Waals surface area contributed by atoms with Crippen LogP contribution in [0.1, 0.15) is 0 Å². The molecule has 0 bridgehead atoms. The Bertz CT molecular complexity index is 1230. The predicted octanol–water partition coefficient (Wildman–Crippen LogP) is 5.37. The van der Waals surface area contributed by atoms with Crippen molar-refractivity contribution in [1.82, 2.24) is 9.90 Å². The molecular formula is C26H21N4+. The molecule has 0 aliphatic heterocycles. The van der Waals surface area contributed by atoms with Gasteiger partial charge >= 0.3 is 0 Å². The van der Waals surface area contributed by atoms with Crippen LogP contribution >= 0.6 is 0 Å². The van der Waals surface area contributed by atoms with E-state index in [1.165, 1.54) is 0 Å². The summed E-state index contributed by atoms with van der Waals surface area (Å²) in [6.07, 6.45) is 0. The van der Waals surface area contributed by atoms with Gasteiger partial charge in [-0.15, -0.1) is 0 Å². The normalized spacial score (nSPS) is 10.7. The summed E-state index contributed by atoms with van der Waals surface area (Å²) < 4.78 is 0. The summed E-state index contributed by atoms with van der Waals surface area (Å²) in [5.41, 5.74) is 9.56. The van der Waals surface area contributed by atoms with Gasteiger partial charge in [0.15, 0.2) is 0 Å². The van der Waals surface area contributed by atoms with Crippen molar-refractivity contribution in [1.29, 1.82) is 0 Å². The van der Waals surface area contributed by atoms with Gasteiger partial charge in [-0.3, -0.25) is 0 Å². The van der Waals surface area contributed by atoms with Gasteiger partial charge in [-0.05, 0) is 29.1 Å². The van der Waals surface area contributed by atoms with Crippen LogP contribution in [-0.2, 0) is 0 Å². The van der Waals surface area contributed by atoms with Gasteiger partial charge in [-0.2, -0.15) is 0 Å². The Balaban J connectivity index is 1.80. The molecule has 0 aliphatic rings. The summed E-state index contributed by atoms with van der Waals surface area (Å²) in [7, 11) is 0. The van der Waals surface area contributed by atoms with Gasteiger partial charge in [0, 0.05) is 15.9 Å². The molecule has 0 atom stereocenters. The second-order valence-corrected chi connectivity index (χ2v) is 6.94. The predicted molar refractivity (Wildman–Crippen MR) is 120 cm³/mol. The van der Waals surface area contributed by atoms with Crippen molar-refractivity contribution >= 4 is 5.69 Å². The highest BCUT2D eigenvalue weighted by Gasteiger charge is 2.30. The fraction of sp³-hybridized carbons (Fsp3) is 0. The standard InChI is InChI=1S/C26H21N4/c1-5-13-21(14-6-1)25-26(22-15-7-2-8-16-22)30(27-23-17-9-3-10-18-23)29(28-25)24-19-11-4-12-20-24/h1-20,27H/q+1. The van der Waals surface area contributed by atoms with E-state index in [0.717, 1.165) is 33.9 Å². The van der Waals surface area contributed by atoms with E-state index in [0.29, 0.717) is 0 Å². The quantitative estimate of drug-likeness (QED) is 0.410. The van der Waals surface area contributed by atoms with Crippen LogP contribution in [0.25, 0.3) is 28.2 Å². The molecule has 0 saturated carbocycles. The fourth-order valence-electron chi connectivity index (χ4n) is 3.50. The first-order valence-corrected chi connectivity index (χ1v) is 9.94. The van der Waals surface area contributed by atoms with E-state index < -0.39 is 0 Å². The minimum atomic E-state index is 0.911. The van der Waals surface area contributed by atoms with Crippen molar-refractivity contribution in [3.63, 3.8) is 0 Å². The summed E-state index contributed by atoms with van der Waals surface area (Å²) in [6.45, 7) is 0. The van der Waals surface area contributed by atoms with E-state index in [9.17, 15) is 0 Å². The largest absolute Gasteiger partial charge is 0.260 e. The molecular weight excluding hydrogens is 368 g/mol. The SMILES string of the molecule is c1ccc(N[n+]2c(-c3ccccc3)c(-c3ccccc3)nn2-c2ccccc2)cc1. The molecule has 1 N–H and O–H groups in total. The lowest BCUT2D eigenvalue weighted by atomic mass is 10.1. The van der Waals surface area contributed by atoms with Crippen molar-refractivity contribution in [2.24, 2.45) is 0 Å². The number of hydrogen-bond donors (Lipinski definition) is 1. The second kappa shape index (κ2) is 8.05. The highest BCUT2D eigenvalue weighted by Crippen LogP contribution is 2.28. The van der Waals surface area contributed by atoms with Gasteiger partial charge in [0.1, 0.15) is 5.69 Å². The zero-order valence-corrected chi connectivity index (χ0v) is 16.4. The molecule has 144 valence electrons. The third-order valence-corrected chi connectivity index (χ3v) is 4.91. The van der Waals surface area contributed by atoms with Crippen LogP contribution in [0, 0.1) is 0 Å². The van der Waals surface area contributed by atoms with Crippen LogP contribution in [-0.4, -0.2) is 9.90 Å². The number of nitrogens with one attached hydrogen (secondary N) is 1. The molecule has 30 heavy (non-hydrogen) atoms. The van der Waals surface area contributed by atoms with Crippen molar-refractivity contribution < 1.29 is 4.79 Å². The molecule has 4 heteroatoms. The lowest BCUT2D eigenvalue weighted by Gasteiger charge is -2.08. The Morgan fingerprint density at radius 3 is 1.67 bits per heavy atom. The Hall–Kier alpha value is -4.18. The van der Waals surface area contributed by atoms with E-state index in [1.54, 1.807) is 0 Å². The first-order chi connectivity index (χ1) is 14.9. The topological polar surface area (TPSA) is 33.7 Å². The van der Waals surface area contributed by atoms with Crippen LogP contribution in [0.15, 0.2) is 121 Å². The van der Waals surface area contributed by atoms with E-state index in [2.05, 4.69) is 54.0 Å². The fourth-order valence-corrected chi connectivity index (χ4v) is 3.50. The molecule has 0 radical (unpaired) electrons. The van der Waals surface area contributed by atoms with Crippen LogP contribution in [0.3, 0.4) is 0 Å². The summed E-state index contributed by atoms with van der Waals surface area (Å²) in [5, 5.41) is 5.04. The first-order valence-electron chi connectivity index (χ1n) is 9.94. The van der Waals surface area contributed by atoms with Crippen LogP contribution in [0.4, 0.5) is 5.69 Å². The lowest BCUT2D eigenvalue weighted by molar-refractivity contribution is -0.712. The number of benzene rings is 4. The number of anilines is 1. The van der Waals surface area contributed by atoms with Gasteiger partial charge in [-0.1, -0.05) is 97.1 Å². The zero-order chi connectivity index (χ0) is 20.2. The average Bonchev–Trinajstić information content (AvgIpc) is 3.20. The van der Waals surface area contributed by atoms with Crippen LogP contribution in [0.2, 0.25) is 0 Å². The summed E-state index contributed by atoms with van der Waals surface area (Å²) >= 11 is 0. The molecule has 4 aromatic carbocycles. The minimum absolute atomic E-state index is 0.911. The highest BCUT2D eigenvalue weighted by molar-refractivity contribution is 5.75. The van der Waals surface area contributed by atoms with Crippen LogP contribution < -0.4 is 10.2 Å². The van der Waals surface area contributed by atoms with E-state index >= 15 is 0 Å². The highest BCUT2D eigenvalue weighted by atomic mass is 15.7. The molecule has 0 amide bonds. The zero-order valence-electron chi connectivity index (χ0n) is 16.4. The summed E-state index contributed by atoms with van der Waals surface area (Å²) in [6, 6.07) is 41.0. The molecule has 0 aliphatic carbocycles. The van der Waals surface area contributed by atoms with Crippen molar-refractivity contribution in [3.05, 3.63) is 121 Å². The smallest absolute Gasteiger partial charge is 0.205 e. The maximum absolute atomic E-state index is 5.04. The van der Waals surface area contributed by atoms with E-state index in [-0.39, 0.29) is 0 Å².